The van der Waals surface area contributed by atoms with Crippen molar-refractivity contribution in [1.29, 1.82) is 0 Å². The topological polar surface area (TPSA) is 58.5 Å². The lowest BCUT2D eigenvalue weighted by Crippen LogP contribution is -2.45. The lowest BCUT2D eigenvalue weighted by Gasteiger charge is -2.41. The van der Waals surface area contributed by atoms with Gasteiger partial charge in [0.1, 0.15) is 5.82 Å². The molecular formula is C20H33N3O2. The normalized spacial score (nSPS) is 26.0. The molecule has 1 atom stereocenters. The molecule has 1 aliphatic carbocycles. The molecule has 1 aromatic heterocycles. The maximum atomic E-state index is 9.93. The number of aliphatic hydroxyl groups is 1. The van der Waals surface area contributed by atoms with Crippen LogP contribution in [0, 0.1) is 5.41 Å². The molecule has 3 rings (SSSR count). The number of aromatic nitrogens is 2. The van der Waals surface area contributed by atoms with Crippen LogP contribution < -0.4 is 0 Å². The number of aliphatic hydroxyl groups excluding tert-OH is 1. The smallest absolute Gasteiger partial charge is 0.131 e. The summed E-state index contributed by atoms with van der Waals surface area (Å²) in [5.41, 5.74) is 1.16. The summed E-state index contributed by atoms with van der Waals surface area (Å²) in [4.78, 5) is 11.8. The van der Waals surface area contributed by atoms with E-state index in [1.54, 1.807) is 7.11 Å². The summed E-state index contributed by atoms with van der Waals surface area (Å²) in [6.45, 7) is 3.84. The number of rotatable bonds is 7. The number of likely N-dealkylation sites (tertiary alicyclic amines) is 1. The average molecular weight is 348 g/mol. The molecule has 0 spiro atoms. The molecule has 140 valence electrons. The van der Waals surface area contributed by atoms with Gasteiger partial charge < -0.3 is 9.84 Å². The molecular weight excluding hydrogens is 314 g/mol. The molecule has 1 saturated carbocycles. The van der Waals surface area contributed by atoms with Crippen LogP contribution in [0.2, 0.25) is 0 Å². The zero-order chi connectivity index (χ0) is 17.5. The summed E-state index contributed by atoms with van der Waals surface area (Å²) >= 11 is 0. The summed E-state index contributed by atoms with van der Waals surface area (Å²) in [6.07, 6.45) is 13.6. The molecule has 1 unspecified atom stereocenters. The summed E-state index contributed by atoms with van der Waals surface area (Å²) in [7, 11) is 1.73. The fourth-order valence-electron chi connectivity index (χ4n) is 4.45. The van der Waals surface area contributed by atoms with Crippen LogP contribution in [0.5, 0.6) is 0 Å². The largest absolute Gasteiger partial charge is 0.396 e. The number of ether oxygens (including phenoxy) is 1. The Bertz CT molecular complexity index is 516. The van der Waals surface area contributed by atoms with Crippen LogP contribution in [-0.2, 0) is 11.3 Å². The Labute approximate surface area is 151 Å². The summed E-state index contributed by atoms with van der Waals surface area (Å²) in [5, 5.41) is 9.93. The lowest BCUT2D eigenvalue weighted by atomic mass is 9.78. The molecule has 0 aromatic carbocycles. The van der Waals surface area contributed by atoms with E-state index >= 15 is 0 Å². The second kappa shape index (κ2) is 9.06. The maximum absolute atomic E-state index is 9.93. The first kappa shape index (κ1) is 18.7. The summed E-state index contributed by atoms with van der Waals surface area (Å²) in [6, 6.07) is 0. The Kier molecular flexibility index (Phi) is 6.79. The quantitative estimate of drug-likeness (QED) is 0.821. The van der Waals surface area contributed by atoms with Crippen molar-refractivity contribution >= 4 is 0 Å². The van der Waals surface area contributed by atoms with Gasteiger partial charge >= 0.3 is 0 Å². The van der Waals surface area contributed by atoms with Crippen molar-refractivity contribution in [1.82, 2.24) is 14.9 Å². The molecule has 5 nitrogen and oxygen atoms in total. The van der Waals surface area contributed by atoms with Crippen molar-refractivity contribution in [2.24, 2.45) is 5.41 Å². The highest BCUT2D eigenvalue weighted by Crippen LogP contribution is 2.34. The molecule has 1 saturated heterocycles. The Balaban J connectivity index is 1.57. The highest BCUT2D eigenvalue weighted by Gasteiger charge is 2.34. The van der Waals surface area contributed by atoms with Crippen LogP contribution in [0.1, 0.15) is 68.7 Å². The zero-order valence-corrected chi connectivity index (χ0v) is 15.6. The molecule has 2 heterocycles. The van der Waals surface area contributed by atoms with Crippen molar-refractivity contribution in [3.63, 3.8) is 0 Å². The summed E-state index contributed by atoms with van der Waals surface area (Å²) in [5.74, 6) is 1.60. The highest BCUT2D eigenvalue weighted by atomic mass is 16.5. The molecule has 1 N–H and O–H groups in total. The van der Waals surface area contributed by atoms with Crippen molar-refractivity contribution in [3.8, 4) is 0 Å². The van der Waals surface area contributed by atoms with E-state index in [1.165, 1.54) is 37.7 Å². The van der Waals surface area contributed by atoms with E-state index in [-0.39, 0.29) is 12.0 Å². The maximum Gasteiger partial charge on any atom is 0.131 e. The van der Waals surface area contributed by atoms with Crippen LogP contribution in [-0.4, -0.2) is 53.4 Å². The fourth-order valence-corrected chi connectivity index (χ4v) is 4.45. The third-order valence-electron chi connectivity index (χ3n) is 6.01. The van der Waals surface area contributed by atoms with E-state index in [2.05, 4.69) is 14.9 Å². The number of methoxy groups -OCH3 is 1. The number of hydrogen-bond donors (Lipinski definition) is 1. The van der Waals surface area contributed by atoms with Crippen molar-refractivity contribution in [2.45, 2.75) is 63.8 Å². The summed E-state index contributed by atoms with van der Waals surface area (Å²) < 4.78 is 5.25. The third-order valence-corrected chi connectivity index (χ3v) is 6.01. The van der Waals surface area contributed by atoms with Gasteiger partial charge in [-0.2, -0.15) is 0 Å². The first-order valence-electron chi connectivity index (χ1n) is 9.88. The van der Waals surface area contributed by atoms with E-state index < -0.39 is 0 Å². The van der Waals surface area contributed by atoms with E-state index in [4.69, 9.17) is 4.74 Å². The zero-order valence-electron chi connectivity index (χ0n) is 15.6. The lowest BCUT2D eigenvalue weighted by molar-refractivity contribution is 0.00469. The van der Waals surface area contributed by atoms with E-state index in [9.17, 15) is 5.11 Å². The van der Waals surface area contributed by atoms with Gasteiger partial charge in [-0.15, -0.1) is 0 Å². The van der Waals surface area contributed by atoms with Gasteiger partial charge in [-0.3, -0.25) is 4.90 Å². The molecule has 2 fully saturated rings. The van der Waals surface area contributed by atoms with Crippen molar-refractivity contribution < 1.29 is 9.84 Å². The first-order valence-corrected chi connectivity index (χ1v) is 9.88. The highest BCUT2D eigenvalue weighted by molar-refractivity contribution is 5.08. The van der Waals surface area contributed by atoms with Crippen LogP contribution in [0.15, 0.2) is 12.4 Å². The van der Waals surface area contributed by atoms with Crippen LogP contribution in [0.3, 0.4) is 0 Å². The van der Waals surface area contributed by atoms with Gasteiger partial charge in [0.05, 0.1) is 6.61 Å². The minimum atomic E-state index is -0.0167. The number of nitrogens with zero attached hydrogens (tertiary/aromatic N) is 3. The van der Waals surface area contributed by atoms with Gasteiger partial charge in [0.2, 0.25) is 0 Å². The molecule has 0 bridgehead atoms. The van der Waals surface area contributed by atoms with Crippen molar-refractivity contribution in [3.05, 3.63) is 23.8 Å². The Hall–Kier alpha value is -1.04. The van der Waals surface area contributed by atoms with Gasteiger partial charge in [0.25, 0.3) is 0 Å². The molecule has 0 amide bonds. The Morgan fingerprint density at radius 1 is 1.20 bits per heavy atom. The van der Waals surface area contributed by atoms with E-state index in [0.29, 0.717) is 12.5 Å². The fraction of sp³-hybridized carbons (Fsp3) is 0.800. The number of piperidine rings is 1. The first-order chi connectivity index (χ1) is 12.2. The van der Waals surface area contributed by atoms with Gasteiger partial charge in [0.15, 0.2) is 0 Å². The third kappa shape index (κ3) is 4.99. The van der Waals surface area contributed by atoms with Gasteiger partial charge in [0, 0.05) is 56.1 Å². The SMILES string of the molecule is COCCC1(CO)CCCN(Cc2cnc(C3CCCCC3)nc2)C1. The second-order valence-corrected chi connectivity index (χ2v) is 8.00. The Morgan fingerprint density at radius 3 is 2.64 bits per heavy atom. The predicted octanol–water partition coefficient (Wildman–Crippen LogP) is 3.14. The van der Waals surface area contributed by atoms with Crippen LogP contribution >= 0.6 is 0 Å². The molecule has 2 aliphatic rings. The molecule has 5 heteroatoms. The molecule has 1 aliphatic heterocycles. The van der Waals surface area contributed by atoms with E-state index in [1.807, 2.05) is 12.4 Å². The molecule has 0 radical (unpaired) electrons. The van der Waals surface area contributed by atoms with Gasteiger partial charge in [-0.05, 0) is 38.6 Å². The predicted molar refractivity (Wildman–Crippen MR) is 98.4 cm³/mol. The number of hydrogen-bond acceptors (Lipinski definition) is 5. The van der Waals surface area contributed by atoms with Crippen molar-refractivity contribution in [2.75, 3.05) is 33.4 Å². The minimum Gasteiger partial charge on any atom is -0.396 e. The second-order valence-electron chi connectivity index (χ2n) is 8.00. The average Bonchev–Trinajstić information content (AvgIpc) is 2.68. The Morgan fingerprint density at radius 2 is 1.96 bits per heavy atom. The molecule has 25 heavy (non-hydrogen) atoms. The molecule has 1 aromatic rings. The van der Waals surface area contributed by atoms with E-state index in [0.717, 1.165) is 44.7 Å². The standard InChI is InChI=1S/C20H33N3O2/c1-25-11-9-20(16-24)8-5-10-23(15-20)14-17-12-21-19(22-13-17)18-6-3-2-4-7-18/h12-13,18,24H,2-11,14-16H2,1H3. The van der Waals surface area contributed by atoms with Crippen LogP contribution in [0.25, 0.3) is 0 Å². The minimum absolute atomic E-state index is 0.0167. The van der Waals surface area contributed by atoms with Gasteiger partial charge in [-0.25, -0.2) is 9.97 Å². The monoisotopic (exact) mass is 347 g/mol. The van der Waals surface area contributed by atoms with Crippen LogP contribution in [0.4, 0.5) is 0 Å². The van der Waals surface area contributed by atoms with Gasteiger partial charge in [-0.1, -0.05) is 19.3 Å².